The van der Waals surface area contributed by atoms with Crippen molar-refractivity contribution in [1.29, 1.82) is 0 Å². The Labute approximate surface area is 300 Å². The first-order chi connectivity index (χ1) is 24.6. The van der Waals surface area contributed by atoms with E-state index in [4.69, 9.17) is 31.8 Å². The van der Waals surface area contributed by atoms with Gasteiger partial charge >= 0.3 is 6.03 Å². The van der Waals surface area contributed by atoms with E-state index in [2.05, 4.69) is 22.2 Å². The van der Waals surface area contributed by atoms with Crippen molar-refractivity contribution in [2.45, 2.75) is 56.2 Å². The molecule has 2 aliphatic carbocycles. The number of halogens is 1. The number of hydrogen-bond acceptors (Lipinski definition) is 9. The van der Waals surface area contributed by atoms with Gasteiger partial charge in [-0.1, -0.05) is 40.8 Å². The summed E-state index contributed by atoms with van der Waals surface area (Å²) in [7, 11) is 3.91. The van der Waals surface area contributed by atoms with Crippen molar-refractivity contribution >= 4 is 40.1 Å². The molecule has 262 valence electrons. The van der Waals surface area contributed by atoms with E-state index < -0.39 is 5.60 Å². The van der Waals surface area contributed by atoms with E-state index in [0.717, 1.165) is 53.3 Å². The second kappa shape index (κ2) is 11.9. The molecular formula is C38H39ClN8O4. The number of morpholine rings is 1. The summed E-state index contributed by atoms with van der Waals surface area (Å²) in [6.07, 6.45) is 5.97. The predicted molar refractivity (Wildman–Crippen MR) is 192 cm³/mol. The zero-order valence-electron chi connectivity index (χ0n) is 28.9. The molecule has 9 rings (SSSR count). The largest absolute Gasteiger partial charge is 0.490 e. The number of ether oxygens (including phenoxy) is 2. The highest BCUT2D eigenvalue weighted by Crippen LogP contribution is 2.51. The van der Waals surface area contributed by atoms with Gasteiger partial charge in [0.1, 0.15) is 23.8 Å². The van der Waals surface area contributed by atoms with Gasteiger partial charge in [0.05, 0.1) is 66.5 Å². The van der Waals surface area contributed by atoms with Crippen LogP contribution >= 0.6 is 11.6 Å². The molecule has 12 nitrogen and oxygen atoms in total. The molecule has 2 N–H and O–H groups in total. The van der Waals surface area contributed by atoms with E-state index in [0.29, 0.717) is 71.5 Å². The maximum Gasteiger partial charge on any atom is 0.346 e. The van der Waals surface area contributed by atoms with Crippen LogP contribution in [-0.4, -0.2) is 111 Å². The molecular weight excluding hydrogens is 668 g/mol. The number of carbonyl (C=O) groups is 2. The summed E-state index contributed by atoms with van der Waals surface area (Å²) in [5.41, 5.74) is 9.68. The second-order valence-electron chi connectivity index (χ2n) is 14.9. The smallest absolute Gasteiger partial charge is 0.346 e. The molecule has 3 unspecified atom stereocenters. The number of pyridine rings is 1. The normalized spacial score (nSPS) is 24.1. The van der Waals surface area contributed by atoms with Crippen molar-refractivity contribution in [1.82, 2.24) is 34.7 Å². The number of amides is 2. The maximum atomic E-state index is 14.7. The number of benzene rings is 2. The number of likely N-dealkylation sites (tertiary alicyclic amines) is 1. The van der Waals surface area contributed by atoms with E-state index in [1.54, 1.807) is 12.3 Å². The predicted octanol–water partition coefficient (Wildman–Crippen LogP) is 4.56. The molecule has 13 heteroatoms. The van der Waals surface area contributed by atoms with Gasteiger partial charge in [0.15, 0.2) is 0 Å². The number of aromatic nitrogens is 4. The lowest BCUT2D eigenvalue weighted by atomic mass is 9.78. The minimum atomic E-state index is -0.669. The monoisotopic (exact) mass is 706 g/mol. The molecule has 2 saturated carbocycles. The maximum absolute atomic E-state index is 14.7. The third kappa shape index (κ3) is 5.41. The molecule has 51 heavy (non-hydrogen) atoms. The third-order valence-corrected chi connectivity index (χ3v) is 11.2. The Kier molecular flexibility index (Phi) is 7.54. The zero-order chi connectivity index (χ0) is 35.2. The Morgan fingerprint density at radius 3 is 2.75 bits per heavy atom. The van der Waals surface area contributed by atoms with Crippen molar-refractivity contribution in [3.8, 4) is 28.8 Å². The Morgan fingerprint density at radius 2 is 1.98 bits per heavy atom. The number of rotatable bonds is 4. The van der Waals surface area contributed by atoms with Crippen molar-refractivity contribution in [3.63, 3.8) is 0 Å². The molecule has 3 atom stereocenters. The summed E-state index contributed by atoms with van der Waals surface area (Å²) >= 11 is 6.79. The number of nitrogens with two attached hydrogens (primary N) is 1. The number of anilines is 1. The van der Waals surface area contributed by atoms with Crippen LogP contribution in [0, 0.1) is 24.7 Å². The van der Waals surface area contributed by atoms with Crippen LogP contribution in [0.5, 0.6) is 5.75 Å². The molecule has 5 aliphatic rings. The number of carbonyl (C=O) groups excluding carboxylic acids is 2. The lowest BCUT2D eigenvalue weighted by Crippen LogP contribution is -2.79. The van der Waals surface area contributed by atoms with Crippen molar-refractivity contribution in [3.05, 3.63) is 63.9 Å². The summed E-state index contributed by atoms with van der Waals surface area (Å²) < 4.78 is 14.6. The van der Waals surface area contributed by atoms with Gasteiger partial charge in [0.25, 0.3) is 5.91 Å². The average molecular weight is 707 g/mol. The quantitative estimate of drug-likeness (QED) is 0.304. The van der Waals surface area contributed by atoms with Gasteiger partial charge in [0.2, 0.25) is 0 Å². The minimum absolute atomic E-state index is 0.145. The summed E-state index contributed by atoms with van der Waals surface area (Å²) in [4.78, 5) is 38.9. The summed E-state index contributed by atoms with van der Waals surface area (Å²) in [5, 5.41) is 10.6. The van der Waals surface area contributed by atoms with Crippen LogP contribution in [0.3, 0.4) is 0 Å². The van der Waals surface area contributed by atoms with Crippen LogP contribution in [-0.2, 0) is 4.74 Å². The number of nitrogen functional groups attached to an aromatic ring is 1. The van der Waals surface area contributed by atoms with E-state index in [1.165, 1.54) is 4.68 Å². The Balaban J connectivity index is 1.08. The fourth-order valence-corrected chi connectivity index (χ4v) is 8.38. The SMILES string of the molecule is Cc1c2c(cc(C#CCN(C)C)c1-c1nc(N)cc3cccc(Cl)c13)C(=O)N1CC3(CN(C(=O)n4cc(C5CC5)nn4)C3C3CC3)OCC1CO2. The molecule has 4 aromatic rings. The Hall–Kier alpha value is -4.70. The number of nitrogens with zero attached hydrogens (tertiary/aromatic N) is 7. The van der Waals surface area contributed by atoms with E-state index >= 15 is 0 Å². The molecule has 2 amide bonds. The molecule has 0 bridgehead atoms. The van der Waals surface area contributed by atoms with Crippen molar-refractivity contribution in [2.24, 2.45) is 5.92 Å². The van der Waals surface area contributed by atoms with Crippen molar-refractivity contribution < 1.29 is 19.1 Å². The van der Waals surface area contributed by atoms with Gasteiger partial charge in [-0.3, -0.25) is 9.69 Å². The second-order valence-corrected chi connectivity index (χ2v) is 15.3. The van der Waals surface area contributed by atoms with Gasteiger partial charge < -0.3 is 25.0 Å². The van der Waals surface area contributed by atoms with Crippen molar-refractivity contribution in [2.75, 3.05) is 52.7 Å². The molecule has 2 saturated heterocycles. The fourth-order valence-electron chi connectivity index (χ4n) is 8.11. The van der Waals surface area contributed by atoms with Crippen LogP contribution in [0.4, 0.5) is 10.6 Å². The van der Waals surface area contributed by atoms with Crippen LogP contribution in [0.2, 0.25) is 5.02 Å². The summed E-state index contributed by atoms with van der Waals surface area (Å²) in [6, 6.07) is 8.65. The summed E-state index contributed by atoms with van der Waals surface area (Å²) in [5.74, 6) is 8.01. The van der Waals surface area contributed by atoms with Crippen LogP contribution in [0.25, 0.3) is 22.0 Å². The number of hydrogen-bond donors (Lipinski definition) is 1. The molecule has 2 aromatic carbocycles. The van der Waals surface area contributed by atoms with Gasteiger partial charge in [-0.05, 0) is 76.2 Å². The van der Waals surface area contributed by atoms with Crippen LogP contribution < -0.4 is 10.5 Å². The average Bonchev–Trinajstić information content (AvgIpc) is 4.04. The first-order valence-electron chi connectivity index (χ1n) is 17.6. The summed E-state index contributed by atoms with van der Waals surface area (Å²) in [6.45, 7) is 3.75. The van der Waals surface area contributed by atoms with E-state index in [-0.39, 0.29) is 30.6 Å². The van der Waals surface area contributed by atoms with Gasteiger partial charge in [-0.25, -0.2) is 9.78 Å². The first kappa shape index (κ1) is 32.2. The third-order valence-electron chi connectivity index (χ3n) is 10.9. The molecule has 1 spiro atoms. The molecule has 2 aromatic heterocycles. The van der Waals surface area contributed by atoms with Gasteiger partial charge in [-0.2, -0.15) is 4.68 Å². The molecule has 5 heterocycles. The molecule has 4 fully saturated rings. The molecule has 0 radical (unpaired) electrons. The topological polar surface area (TPSA) is 132 Å². The van der Waals surface area contributed by atoms with Crippen LogP contribution in [0.15, 0.2) is 36.5 Å². The fraction of sp³-hybridized carbons (Fsp3) is 0.447. The lowest BCUT2D eigenvalue weighted by Gasteiger charge is -2.60. The van der Waals surface area contributed by atoms with Gasteiger partial charge in [-0.15, -0.1) is 5.10 Å². The lowest BCUT2D eigenvalue weighted by molar-refractivity contribution is -0.218. The van der Waals surface area contributed by atoms with Gasteiger partial charge in [0, 0.05) is 28.0 Å². The van der Waals surface area contributed by atoms with Crippen LogP contribution in [0.1, 0.15) is 58.8 Å². The highest BCUT2D eigenvalue weighted by Gasteiger charge is 2.64. The highest BCUT2D eigenvalue weighted by atomic mass is 35.5. The highest BCUT2D eigenvalue weighted by molar-refractivity contribution is 6.36. The Morgan fingerprint density at radius 1 is 1.16 bits per heavy atom. The number of fused-ring (bicyclic) bond motifs is 3. The standard InChI is InChI=1S/C38H39ClN8O4/c1-21-31(33-32-25(15-30(40)41-33)6-4-8-28(32)39)24(7-5-13-44(2)3)14-27-34(21)50-17-26-18-51-38(19-45(26)36(27)48)20-46(35(38)23-11-12-23)37(49)47-16-29(42-43-47)22-9-10-22/h4,6,8,14-16,22-23,26,35H,9-13,17-20H2,1-3H3,(H2,40,41). The zero-order valence-corrected chi connectivity index (χ0v) is 29.6. The molecule has 3 aliphatic heterocycles. The minimum Gasteiger partial charge on any atom is -0.490 e. The Bertz CT molecular complexity index is 2180. The first-order valence-corrected chi connectivity index (χ1v) is 18.0. The van der Waals surface area contributed by atoms with E-state index in [9.17, 15) is 9.59 Å². The van der Waals surface area contributed by atoms with E-state index in [1.807, 2.05) is 60.0 Å².